The van der Waals surface area contributed by atoms with Gasteiger partial charge in [-0.3, -0.25) is 4.98 Å². The third-order valence-electron chi connectivity index (χ3n) is 3.11. The van der Waals surface area contributed by atoms with Gasteiger partial charge in [0.15, 0.2) is 0 Å². The molecule has 0 aliphatic carbocycles. The van der Waals surface area contributed by atoms with Crippen molar-refractivity contribution in [2.75, 3.05) is 0 Å². The van der Waals surface area contributed by atoms with Gasteiger partial charge in [0, 0.05) is 17.1 Å². The van der Waals surface area contributed by atoms with Gasteiger partial charge < -0.3 is 4.98 Å². The molecule has 0 bridgehead atoms. The lowest BCUT2D eigenvalue weighted by Gasteiger charge is -2.08. The first kappa shape index (κ1) is 12.7. The summed E-state index contributed by atoms with van der Waals surface area (Å²) in [5.74, 6) is 0. The van der Waals surface area contributed by atoms with E-state index < -0.39 is 12.6 Å². The molecule has 2 heterocycles. The first-order valence-electron chi connectivity index (χ1n) is 6.12. The van der Waals surface area contributed by atoms with E-state index in [-0.39, 0.29) is 5.56 Å². The number of halogens is 3. The van der Waals surface area contributed by atoms with Crippen molar-refractivity contribution in [3.05, 3.63) is 54.2 Å². The Labute approximate surface area is 113 Å². The number of nitrogens with zero attached hydrogens (tertiary/aromatic N) is 1. The lowest BCUT2D eigenvalue weighted by atomic mass is 10.1. The molecule has 1 aromatic carbocycles. The molecule has 0 atom stereocenters. The summed E-state index contributed by atoms with van der Waals surface area (Å²) < 4.78 is 38.4. The largest absolute Gasteiger partial charge is 0.393 e. The highest BCUT2D eigenvalue weighted by atomic mass is 19.4. The molecule has 102 valence electrons. The summed E-state index contributed by atoms with van der Waals surface area (Å²) in [6, 6.07) is 12.2. The van der Waals surface area contributed by atoms with Crippen LogP contribution >= 0.6 is 0 Å². The van der Waals surface area contributed by atoms with E-state index in [1.54, 1.807) is 48.7 Å². The highest BCUT2D eigenvalue weighted by molar-refractivity contribution is 5.90. The number of benzene rings is 1. The maximum Gasteiger partial charge on any atom is 0.393 e. The molecule has 0 aliphatic rings. The van der Waals surface area contributed by atoms with Gasteiger partial charge in [-0.05, 0) is 23.8 Å². The monoisotopic (exact) mass is 276 g/mol. The Hall–Kier alpha value is -2.30. The predicted molar refractivity (Wildman–Crippen MR) is 71.3 cm³/mol. The Kier molecular flexibility index (Phi) is 2.97. The van der Waals surface area contributed by atoms with Crippen LogP contribution in [0.4, 0.5) is 13.2 Å². The lowest BCUT2D eigenvalue weighted by molar-refractivity contribution is -0.126. The molecule has 0 spiro atoms. The van der Waals surface area contributed by atoms with Crippen LogP contribution in [0.2, 0.25) is 0 Å². The molecule has 0 saturated heterocycles. The summed E-state index contributed by atoms with van der Waals surface area (Å²) in [6.07, 6.45) is -3.66. The van der Waals surface area contributed by atoms with Crippen LogP contribution in [0.3, 0.4) is 0 Å². The molecule has 3 aromatic rings. The minimum absolute atomic E-state index is 0.242. The van der Waals surface area contributed by atoms with Crippen LogP contribution in [0.5, 0.6) is 0 Å². The number of rotatable bonds is 2. The second-order valence-electron chi connectivity index (χ2n) is 4.53. The number of H-pyrrole nitrogens is 1. The normalized spacial score (nSPS) is 11.9. The summed E-state index contributed by atoms with van der Waals surface area (Å²) >= 11 is 0. The summed E-state index contributed by atoms with van der Waals surface area (Å²) in [7, 11) is 0. The molecule has 20 heavy (non-hydrogen) atoms. The molecular weight excluding hydrogens is 265 g/mol. The fourth-order valence-corrected chi connectivity index (χ4v) is 2.31. The molecule has 0 saturated carbocycles. The third-order valence-corrected chi connectivity index (χ3v) is 3.11. The average Bonchev–Trinajstić information content (AvgIpc) is 2.77. The Bertz CT molecular complexity index is 730. The van der Waals surface area contributed by atoms with E-state index >= 15 is 0 Å². The Morgan fingerprint density at radius 3 is 2.45 bits per heavy atom. The third kappa shape index (κ3) is 2.39. The van der Waals surface area contributed by atoms with Crippen molar-refractivity contribution in [1.82, 2.24) is 9.97 Å². The molecule has 0 aliphatic heterocycles. The van der Waals surface area contributed by atoms with E-state index in [0.29, 0.717) is 22.3 Å². The molecule has 0 radical (unpaired) electrons. The minimum Gasteiger partial charge on any atom is -0.353 e. The lowest BCUT2D eigenvalue weighted by Crippen LogP contribution is -2.12. The van der Waals surface area contributed by atoms with Gasteiger partial charge in [-0.15, -0.1) is 0 Å². The number of hydrogen-bond acceptors (Lipinski definition) is 1. The van der Waals surface area contributed by atoms with E-state index in [9.17, 15) is 13.2 Å². The van der Waals surface area contributed by atoms with Gasteiger partial charge in [-0.1, -0.05) is 24.3 Å². The quantitative estimate of drug-likeness (QED) is 0.741. The van der Waals surface area contributed by atoms with E-state index in [1.807, 2.05) is 0 Å². The fourth-order valence-electron chi connectivity index (χ4n) is 2.31. The highest BCUT2D eigenvalue weighted by Crippen LogP contribution is 2.33. The smallest absolute Gasteiger partial charge is 0.353 e. The first-order valence-corrected chi connectivity index (χ1v) is 6.12. The zero-order valence-corrected chi connectivity index (χ0v) is 10.4. The van der Waals surface area contributed by atoms with Crippen molar-refractivity contribution in [3.63, 3.8) is 0 Å². The van der Waals surface area contributed by atoms with Gasteiger partial charge in [0.2, 0.25) is 0 Å². The van der Waals surface area contributed by atoms with Crippen molar-refractivity contribution >= 4 is 10.9 Å². The van der Waals surface area contributed by atoms with Crippen LogP contribution in [-0.2, 0) is 6.42 Å². The van der Waals surface area contributed by atoms with Crippen LogP contribution < -0.4 is 0 Å². The van der Waals surface area contributed by atoms with Gasteiger partial charge in [-0.2, -0.15) is 13.2 Å². The van der Waals surface area contributed by atoms with Gasteiger partial charge in [0.05, 0.1) is 17.8 Å². The molecule has 2 nitrogen and oxygen atoms in total. The topological polar surface area (TPSA) is 28.7 Å². The van der Waals surface area contributed by atoms with Gasteiger partial charge in [0.1, 0.15) is 0 Å². The van der Waals surface area contributed by atoms with Crippen molar-refractivity contribution in [3.8, 4) is 11.4 Å². The number of pyridine rings is 1. The number of alkyl halides is 3. The van der Waals surface area contributed by atoms with Crippen molar-refractivity contribution in [2.24, 2.45) is 0 Å². The molecule has 2 aromatic heterocycles. The average molecular weight is 276 g/mol. The number of hydrogen-bond donors (Lipinski definition) is 1. The maximum absolute atomic E-state index is 12.8. The molecule has 5 heteroatoms. The van der Waals surface area contributed by atoms with Crippen molar-refractivity contribution in [1.29, 1.82) is 0 Å². The van der Waals surface area contributed by atoms with Crippen molar-refractivity contribution < 1.29 is 13.2 Å². The molecule has 0 fully saturated rings. The minimum atomic E-state index is -4.26. The highest BCUT2D eigenvalue weighted by Gasteiger charge is 2.31. The SMILES string of the molecule is FC(F)(F)Cc1c(-c2ccccn2)[nH]c2ccccc12. The second kappa shape index (κ2) is 4.67. The zero-order chi connectivity index (χ0) is 14.2. The first-order chi connectivity index (χ1) is 9.54. The Morgan fingerprint density at radius 2 is 1.75 bits per heavy atom. The predicted octanol–water partition coefficient (Wildman–Crippen LogP) is 4.33. The van der Waals surface area contributed by atoms with E-state index in [2.05, 4.69) is 9.97 Å². The van der Waals surface area contributed by atoms with E-state index in [4.69, 9.17) is 0 Å². The molecular formula is C15H11F3N2. The van der Waals surface area contributed by atoms with Crippen LogP contribution in [-0.4, -0.2) is 16.1 Å². The number of aromatic amines is 1. The van der Waals surface area contributed by atoms with Crippen LogP contribution in [0, 0.1) is 0 Å². The summed E-state index contributed by atoms with van der Waals surface area (Å²) in [4.78, 5) is 7.18. The number of para-hydroxylation sites is 1. The molecule has 1 N–H and O–H groups in total. The van der Waals surface area contributed by atoms with Gasteiger partial charge in [0.25, 0.3) is 0 Å². The Morgan fingerprint density at radius 1 is 1.00 bits per heavy atom. The van der Waals surface area contributed by atoms with Crippen LogP contribution in [0.25, 0.3) is 22.3 Å². The molecule has 3 rings (SSSR count). The zero-order valence-electron chi connectivity index (χ0n) is 10.4. The number of nitrogens with one attached hydrogen (secondary N) is 1. The standard InChI is InChI=1S/C15H11F3N2/c16-15(17,18)9-11-10-5-1-2-6-12(10)20-14(11)13-7-3-4-8-19-13/h1-8,20H,9H2. The Balaban J connectivity index is 2.23. The number of fused-ring (bicyclic) bond motifs is 1. The summed E-state index contributed by atoms with van der Waals surface area (Å²) in [6.45, 7) is 0. The van der Waals surface area contributed by atoms with Gasteiger partial charge >= 0.3 is 6.18 Å². The van der Waals surface area contributed by atoms with Crippen LogP contribution in [0.15, 0.2) is 48.7 Å². The summed E-state index contributed by atoms with van der Waals surface area (Å²) in [5.41, 5.74) is 1.88. The second-order valence-corrected chi connectivity index (χ2v) is 4.53. The fraction of sp³-hybridized carbons (Fsp3) is 0.133. The van der Waals surface area contributed by atoms with Crippen LogP contribution in [0.1, 0.15) is 5.56 Å². The molecule has 0 unspecified atom stereocenters. The van der Waals surface area contributed by atoms with E-state index in [1.165, 1.54) is 0 Å². The summed E-state index contributed by atoms with van der Waals surface area (Å²) in [5, 5.41) is 0.588. The van der Waals surface area contributed by atoms with Crippen molar-refractivity contribution in [2.45, 2.75) is 12.6 Å². The molecule has 0 amide bonds. The maximum atomic E-state index is 12.8. The van der Waals surface area contributed by atoms with E-state index in [0.717, 1.165) is 0 Å². The number of aromatic nitrogens is 2. The van der Waals surface area contributed by atoms with Gasteiger partial charge in [-0.25, -0.2) is 0 Å².